The summed E-state index contributed by atoms with van der Waals surface area (Å²) in [7, 11) is 0. The largest absolute Gasteiger partial charge is 0.440 e. The molecule has 0 aliphatic carbocycles. The van der Waals surface area contributed by atoms with Crippen molar-refractivity contribution in [1.29, 1.82) is 0 Å². The lowest BCUT2D eigenvalue weighted by molar-refractivity contribution is -0.159. The van der Waals surface area contributed by atoms with Gasteiger partial charge in [-0.3, -0.25) is 5.32 Å². The lowest BCUT2D eigenvalue weighted by Crippen LogP contribution is -2.45. The molecule has 1 aliphatic rings. The van der Waals surface area contributed by atoms with Gasteiger partial charge in [-0.15, -0.1) is 0 Å². The highest BCUT2D eigenvalue weighted by molar-refractivity contribution is 5.85. The Kier molecular flexibility index (Phi) is 5.53. The molecular weight excluding hydrogens is 332 g/mol. The van der Waals surface area contributed by atoms with Crippen LogP contribution >= 0.6 is 0 Å². The quantitative estimate of drug-likeness (QED) is 0.847. The van der Waals surface area contributed by atoms with Crippen LogP contribution in [0.3, 0.4) is 0 Å². The third-order valence-electron chi connectivity index (χ3n) is 3.32. The van der Waals surface area contributed by atoms with Crippen LogP contribution < -0.4 is 10.2 Å². The number of hydrogen-bond acceptors (Lipinski definition) is 4. The number of carbonyl (C=O) groups excluding carboxylic acids is 1. The molecule has 1 aromatic rings. The highest BCUT2D eigenvalue weighted by Gasteiger charge is 2.29. The molecule has 0 saturated carbocycles. The first-order chi connectivity index (χ1) is 11.1. The van der Waals surface area contributed by atoms with Crippen LogP contribution in [0.25, 0.3) is 0 Å². The maximum absolute atomic E-state index is 14.3. The Bertz CT molecular complexity index is 585. The number of alkyl halides is 3. The fraction of sp³-hybridized carbons (Fsp3) is 0.533. The van der Waals surface area contributed by atoms with E-state index in [1.807, 2.05) is 18.7 Å². The van der Waals surface area contributed by atoms with Gasteiger partial charge in [0.15, 0.2) is 6.61 Å². The third kappa shape index (κ3) is 5.26. The summed E-state index contributed by atoms with van der Waals surface area (Å²) in [5.41, 5.74) is 0.351. The number of rotatable bonds is 3. The van der Waals surface area contributed by atoms with Gasteiger partial charge in [0.05, 0.1) is 17.9 Å². The van der Waals surface area contributed by atoms with E-state index >= 15 is 0 Å². The van der Waals surface area contributed by atoms with Crippen LogP contribution in [0, 0.1) is 5.82 Å². The fourth-order valence-electron chi connectivity index (χ4n) is 2.52. The molecule has 1 saturated heterocycles. The molecule has 134 valence electrons. The maximum atomic E-state index is 14.3. The molecule has 1 aliphatic heterocycles. The lowest BCUT2D eigenvalue weighted by Gasteiger charge is -2.37. The predicted octanol–water partition coefficient (Wildman–Crippen LogP) is 3.55. The van der Waals surface area contributed by atoms with Crippen molar-refractivity contribution in [1.82, 2.24) is 0 Å². The van der Waals surface area contributed by atoms with Crippen molar-refractivity contribution in [2.24, 2.45) is 0 Å². The summed E-state index contributed by atoms with van der Waals surface area (Å²) in [4.78, 5) is 13.1. The molecule has 1 fully saturated rings. The predicted molar refractivity (Wildman–Crippen MR) is 79.6 cm³/mol. The summed E-state index contributed by atoms with van der Waals surface area (Å²) >= 11 is 0. The van der Waals surface area contributed by atoms with Crippen molar-refractivity contribution in [3.05, 3.63) is 24.0 Å². The number of benzene rings is 1. The Hall–Kier alpha value is -2.03. The molecule has 1 N–H and O–H groups in total. The van der Waals surface area contributed by atoms with Gasteiger partial charge in [0.2, 0.25) is 0 Å². The number of hydrogen-bond donors (Lipinski definition) is 1. The summed E-state index contributed by atoms with van der Waals surface area (Å²) in [5, 5.41) is 2.06. The molecule has 0 spiro atoms. The van der Waals surface area contributed by atoms with Crippen LogP contribution in [0.2, 0.25) is 0 Å². The van der Waals surface area contributed by atoms with Crippen molar-refractivity contribution < 1.29 is 31.8 Å². The highest BCUT2D eigenvalue weighted by Crippen LogP contribution is 2.26. The first-order valence-electron chi connectivity index (χ1n) is 7.34. The summed E-state index contributed by atoms with van der Waals surface area (Å²) in [6, 6.07) is 3.90. The molecule has 1 heterocycles. The van der Waals surface area contributed by atoms with E-state index in [0.29, 0.717) is 18.8 Å². The Labute approximate surface area is 136 Å². The number of amides is 1. The van der Waals surface area contributed by atoms with E-state index in [9.17, 15) is 22.4 Å². The second kappa shape index (κ2) is 7.25. The number of morpholine rings is 1. The van der Waals surface area contributed by atoms with Crippen LogP contribution in [0.1, 0.15) is 13.8 Å². The van der Waals surface area contributed by atoms with Crippen LogP contribution in [0.4, 0.5) is 33.7 Å². The van der Waals surface area contributed by atoms with Gasteiger partial charge in [0.25, 0.3) is 0 Å². The van der Waals surface area contributed by atoms with Crippen LogP contribution in [-0.4, -0.2) is 44.2 Å². The molecule has 0 bridgehead atoms. The minimum atomic E-state index is -4.61. The SMILES string of the molecule is C[C@@H]1CN(c2ccc(NC(=O)OCC(F)(F)F)cc2F)C[C@H](C)O1. The average molecular weight is 350 g/mol. The Morgan fingerprint density at radius 3 is 2.50 bits per heavy atom. The summed E-state index contributed by atoms with van der Waals surface area (Å²) < 4.78 is 59.7. The maximum Gasteiger partial charge on any atom is 0.422 e. The van der Waals surface area contributed by atoms with E-state index in [4.69, 9.17) is 4.74 Å². The number of halogens is 4. The first kappa shape index (κ1) is 18.3. The van der Waals surface area contributed by atoms with Crippen molar-refractivity contribution in [2.45, 2.75) is 32.2 Å². The zero-order valence-electron chi connectivity index (χ0n) is 13.2. The van der Waals surface area contributed by atoms with E-state index in [0.717, 1.165) is 6.07 Å². The van der Waals surface area contributed by atoms with E-state index in [1.54, 1.807) is 0 Å². The molecule has 9 heteroatoms. The topological polar surface area (TPSA) is 50.8 Å². The molecule has 24 heavy (non-hydrogen) atoms. The minimum absolute atomic E-state index is 0.0118. The van der Waals surface area contributed by atoms with Crippen molar-refractivity contribution in [3.63, 3.8) is 0 Å². The van der Waals surface area contributed by atoms with Crippen molar-refractivity contribution >= 4 is 17.5 Å². The van der Waals surface area contributed by atoms with Gasteiger partial charge in [-0.1, -0.05) is 0 Å². The van der Waals surface area contributed by atoms with Crippen LogP contribution in [-0.2, 0) is 9.47 Å². The lowest BCUT2D eigenvalue weighted by atomic mass is 10.2. The molecular formula is C15H18F4N2O3. The molecule has 1 aromatic carbocycles. The third-order valence-corrected chi connectivity index (χ3v) is 3.32. The Morgan fingerprint density at radius 2 is 1.96 bits per heavy atom. The van der Waals surface area contributed by atoms with Gasteiger partial charge in [0, 0.05) is 18.8 Å². The van der Waals surface area contributed by atoms with Crippen molar-refractivity contribution in [2.75, 3.05) is 29.9 Å². The Morgan fingerprint density at radius 1 is 1.33 bits per heavy atom. The second-order valence-electron chi connectivity index (χ2n) is 5.64. The normalized spacial score (nSPS) is 21.5. The van der Waals surface area contributed by atoms with Gasteiger partial charge < -0.3 is 14.4 Å². The Balaban J connectivity index is 2.00. The molecule has 2 atom stereocenters. The number of anilines is 2. The molecule has 2 rings (SSSR count). The van der Waals surface area contributed by atoms with E-state index in [2.05, 4.69) is 10.1 Å². The number of carbonyl (C=O) groups is 1. The van der Waals surface area contributed by atoms with Crippen molar-refractivity contribution in [3.8, 4) is 0 Å². The van der Waals surface area contributed by atoms with Gasteiger partial charge in [-0.05, 0) is 32.0 Å². The van der Waals surface area contributed by atoms with E-state index in [1.165, 1.54) is 12.1 Å². The van der Waals surface area contributed by atoms with Gasteiger partial charge in [-0.25, -0.2) is 9.18 Å². The summed E-state index contributed by atoms with van der Waals surface area (Å²) in [6.07, 6.45) is -6.02. The van der Waals surface area contributed by atoms with Crippen LogP contribution in [0.15, 0.2) is 18.2 Å². The van der Waals surface area contributed by atoms with Gasteiger partial charge >= 0.3 is 12.3 Å². The number of nitrogens with one attached hydrogen (secondary N) is 1. The molecule has 0 unspecified atom stereocenters. The first-order valence-corrected chi connectivity index (χ1v) is 7.34. The number of nitrogens with zero attached hydrogens (tertiary/aromatic N) is 1. The molecule has 5 nitrogen and oxygen atoms in total. The monoisotopic (exact) mass is 350 g/mol. The molecule has 0 radical (unpaired) electrons. The van der Waals surface area contributed by atoms with Crippen LogP contribution in [0.5, 0.6) is 0 Å². The van der Waals surface area contributed by atoms with Gasteiger partial charge in [-0.2, -0.15) is 13.2 Å². The standard InChI is InChI=1S/C15H18F4N2O3/c1-9-6-21(7-10(2)24-9)13-4-3-11(5-12(13)16)20-14(22)23-8-15(17,18)19/h3-5,9-10H,6-8H2,1-2H3,(H,20,22)/t9-,10+. The zero-order valence-corrected chi connectivity index (χ0v) is 13.2. The summed E-state index contributed by atoms with van der Waals surface area (Å²) in [6.45, 7) is 3.09. The summed E-state index contributed by atoms with van der Waals surface area (Å²) in [5.74, 6) is -0.593. The highest BCUT2D eigenvalue weighted by atomic mass is 19.4. The second-order valence-corrected chi connectivity index (χ2v) is 5.64. The molecule has 1 amide bonds. The minimum Gasteiger partial charge on any atom is -0.440 e. The number of ether oxygens (including phenoxy) is 2. The zero-order chi connectivity index (χ0) is 17.9. The van der Waals surface area contributed by atoms with E-state index in [-0.39, 0.29) is 17.9 Å². The average Bonchev–Trinajstić information content (AvgIpc) is 2.43. The molecule has 0 aromatic heterocycles. The smallest absolute Gasteiger partial charge is 0.422 e. The van der Waals surface area contributed by atoms with Gasteiger partial charge in [0.1, 0.15) is 5.82 Å². The van der Waals surface area contributed by atoms with E-state index < -0.39 is 24.7 Å². The fourth-order valence-corrected chi connectivity index (χ4v) is 2.52.